The molecule has 0 atom stereocenters. The van der Waals surface area contributed by atoms with Crippen molar-refractivity contribution in [2.24, 2.45) is 0 Å². The largest absolute Gasteiger partial charge is 0.457 e. The third-order valence-corrected chi connectivity index (χ3v) is 6.49. The van der Waals surface area contributed by atoms with Crippen molar-refractivity contribution in [3.8, 4) is 11.3 Å². The number of hydrogen-bond acceptors (Lipinski definition) is 6. The fraction of sp³-hybridized carbons (Fsp3) is 0.310. The summed E-state index contributed by atoms with van der Waals surface area (Å²) in [5, 5.41) is 3.23. The summed E-state index contributed by atoms with van der Waals surface area (Å²) in [5.41, 5.74) is 3.57. The quantitative estimate of drug-likeness (QED) is 0.227. The molecule has 0 amide bonds. The van der Waals surface area contributed by atoms with Gasteiger partial charge in [0.2, 0.25) is 0 Å². The number of carbonyl (C=O) groups excluding carboxylic acids is 1. The van der Waals surface area contributed by atoms with Gasteiger partial charge in [-0.1, -0.05) is 44.2 Å². The molecule has 186 valence electrons. The maximum absolute atomic E-state index is 13.5. The highest BCUT2D eigenvalue weighted by molar-refractivity contribution is 7.09. The molecule has 0 spiro atoms. The Bertz CT molecular complexity index is 1460. The van der Waals surface area contributed by atoms with Crippen molar-refractivity contribution >= 4 is 29.0 Å². The lowest BCUT2D eigenvalue weighted by Gasteiger charge is -2.18. The van der Waals surface area contributed by atoms with Gasteiger partial charge in [-0.15, -0.1) is 11.3 Å². The molecule has 36 heavy (non-hydrogen) atoms. The summed E-state index contributed by atoms with van der Waals surface area (Å²) in [4.78, 5) is 35.3. The van der Waals surface area contributed by atoms with Gasteiger partial charge in [-0.2, -0.15) is 0 Å². The van der Waals surface area contributed by atoms with E-state index in [1.807, 2.05) is 42.5 Å². The van der Waals surface area contributed by atoms with Crippen LogP contribution in [0.4, 0.5) is 0 Å². The van der Waals surface area contributed by atoms with Gasteiger partial charge in [0.05, 0.1) is 22.0 Å². The molecule has 0 saturated heterocycles. The molecule has 0 fully saturated rings. The van der Waals surface area contributed by atoms with Crippen molar-refractivity contribution < 1.29 is 9.53 Å². The van der Waals surface area contributed by atoms with Crippen LogP contribution >= 0.6 is 11.3 Å². The summed E-state index contributed by atoms with van der Waals surface area (Å²) in [5.74, 6) is -0.0918. The average molecular weight is 502 g/mol. The second-order valence-electron chi connectivity index (χ2n) is 10.00. The third-order valence-electron chi connectivity index (χ3n) is 5.56. The average Bonchev–Trinajstić information content (AvgIpc) is 3.31. The summed E-state index contributed by atoms with van der Waals surface area (Å²) in [6, 6.07) is 13.4. The zero-order valence-corrected chi connectivity index (χ0v) is 22.1. The number of thiazole rings is 1. The van der Waals surface area contributed by atoms with Crippen molar-refractivity contribution in [3.05, 3.63) is 92.3 Å². The van der Waals surface area contributed by atoms with E-state index in [2.05, 4.69) is 19.2 Å². The van der Waals surface area contributed by atoms with Gasteiger partial charge in [-0.05, 0) is 56.9 Å². The number of pyridine rings is 1. The van der Waals surface area contributed by atoms with Crippen molar-refractivity contribution in [3.63, 3.8) is 0 Å². The molecular formula is C29H31N3O3S. The minimum atomic E-state index is -0.619. The van der Waals surface area contributed by atoms with E-state index in [1.54, 1.807) is 38.3 Å². The highest BCUT2D eigenvalue weighted by Gasteiger charge is 2.16. The number of nitrogens with zero attached hydrogens (tertiary/aromatic N) is 3. The zero-order valence-electron chi connectivity index (χ0n) is 21.3. The predicted molar refractivity (Wildman–Crippen MR) is 145 cm³/mol. The Morgan fingerprint density at radius 1 is 1.11 bits per heavy atom. The maximum atomic E-state index is 13.5. The van der Waals surface area contributed by atoms with E-state index in [0.29, 0.717) is 22.8 Å². The smallest absolute Gasteiger partial charge is 0.331 e. The molecular weight excluding hydrogens is 470 g/mol. The Morgan fingerprint density at radius 3 is 2.53 bits per heavy atom. The summed E-state index contributed by atoms with van der Waals surface area (Å²) in [7, 11) is 0. The van der Waals surface area contributed by atoms with Crippen LogP contribution in [-0.2, 0) is 22.4 Å². The van der Waals surface area contributed by atoms with E-state index >= 15 is 0 Å². The summed E-state index contributed by atoms with van der Waals surface area (Å²) >= 11 is 1.69. The number of fused-ring (bicyclic) bond motifs is 1. The monoisotopic (exact) mass is 501 g/mol. The first-order chi connectivity index (χ1) is 17.1. The second kappa shape index (κ2) is 10.6. The summed E-state index contributed by atoms with van der Waals surface area (Å²) < 4.78 is 6.89. The molecule has 0 aliphatic heterocycles. The van der Waals surface area contributed by atoms with Crippen LogP contribution in [0, 0.1) is 0 Å². The van der Waals surface area contributed by atoms with Gasteiger partial charge < -0.3 is 4.74 Å². The van der Waals surface area contributed by atoms with E-state index < -0.39 is 11.6 Å². The number of aryl methyl sites for hydroxylation is 2. The Balaban J connectivity index is 1.70. The van der Waals surface area contributed by atoms with E-state index in [1.165, 1.54) is 16.6 Å². The standard InChI is InChI=1S/C29H31N3O3S/c1-19(2)23-18-36-25(30-23)13-11-20-15-16-32-24(17-20)31-27(21-9-7-6-8-10-21)22(28(32)34)12-14-26(33)35-29(3,4)5/h6-10,12,14-19H,11,13H2,1-5H3. The number of esters is 1. The van der Waals surface area contributed by atoms with Gasteiger partial charge in [0.25, 0.3) is 5.56 Å². The lowest BCUT2D eigenvalue weighted by Crippen LogP contribution is -2.23. The fourth-order valence-corrected chi connectivity index (χ4v) is 4.72. The molecule has 7 heteroatoms. The van der Waals surface area contributed by atoms with Gasteiger partial charge in [0.15, 0.2) is 0 Å². The topological polar surface area (TPSA) is 73.6 Å². The molecule has 3 heterocycles. The first-order valence-corrected chi connectivity index (χ1v) is 12.9. The van der Waals surface area contributed by atoms with Gasteiger partial charge in [0.1, 0.15) is 11.2 Å². The van der Waals surface area contributed by atoms with Gasteiger partial charge >= 0.3 is 5.97 Å². The fourth-order valence-electron chi connectivity index (χ4n) is 3.76. The van der Waals surface area contributed by atoms with E-state index in [0.717, 1.165) is 34.7 Å². The summed E-state index contributed by atoms with van der Waals surface area (Å²) in [6.45, 7) is 9.70. The highest BCUT2D eigenvalue weighted by Crippen LogP contribution is 2.23. The highest BCUT2D eigenvalue weighted by atomic mass is 32.1. The van der Waals surface area contributed by atoms with Crippen molar-refractivity contribution in [1.82, 2.24) is 14.4 Å². The van der Waals surface area contributed by atoms with E-state index in [9.17, 15) is 9.59 Å². The molecule has 6 nitrogen and oxygen atoms in total. The molecule has 0 aliphatic carbocycles. The van der Waals surface area contributed by atoms with Crippen molar-refractivity contribution in [2.75, 3.05) is 0 Å². The molecule has 4 aromatic rings. The first-order valence-electron chi connectivity index (χ1n) is 12.1. The van der Waals surface area contributed by atoms with Crippen LogP contribution in [0.2, 0.25) is 0 Å². The minimum absolute atomic E-state index is 0.244. The molecule has 0 N–H and O–H groups in total. The lowest BCUT2D eigenvalue weighted by molar-refractivity contribution is -0.148. The lowest BCUT2D eigenvalue weighted by atomic mass is 10.1. The molecule has 0 saturated carbocycles. The molecule has 0 unspecified atom stereocenters. The third kappa shape index (κ3) is 6.15. The molecule has 0 aliphatic rings. The second-order valence-corrected chi connectivity index (χ2v) is 10.9. The van der Waals surface area contributed by atoms with Gasteiger partial charge in [-0.25, -0.2) is 14.8 Å². The Labute approximate surface area is 215 Å². The Hall–Kier alpha value is -3.58. The first kappa shape index (κ1) is 25.5. The number of hydrogen-bond donors (Lipinski definition) is 0. The van der Waals surface area contributed by atoms with Crippen LogP contribution in [0.1, 0.15) is 62.4 Å². The number of carbonyl (C=O) groups is 1. The molecule has 1 aromatic carbocycles. The number of benzene rings is 1. The van der Waals surface area contributed by atoms with Crippen LogP contribution < -0.4 is 5.56 Å². The predicted octanol–water partition coefficient (Wildman–Crippen LogP) is 6.08. The molecule has 0 bridgehead atoms. The SMILES string of the molecule is CC(C)c1csc(CCc2ccn3c(=O)c(C=CC(=O)OC(C)(C)C)c(-c4ccccc4)nc3c2)n1. The van der Waals surface area contributed by atoms with Crippen molar-refractivity contribution in [1.29, 1.82) is 0 Å². The van der Waals surface area contributed by atoms with Crippen LogP contribution in [-0.4, -0.2) is 25.9 Å². The molecule has 0 radical (unpaired) electrons. The maximum Gasteiger partial charge on any atom is 0.331 e. The van der Waals surface area contributed by atoms with Crippen LogP contribution in [0.5, 0.6) is 0 Å². The van der Waals surface area contributed by atoms with Gasteiger partial charge in [-0.3, -0.25) is 9.20 Å². The van der Waals surface area contributed by atoms with E-state index in [-0.39, 0.29) is 5.56 Å². The Morgan fingerprint density at radius 2 is 1.86 bits per heavy atom. The van der Waals surface area contributed by atoms with Crippen molar-refractivity contribution in [2.45, 2.75) is 59.0 Å². The van der Waals surface area contributed by atoms with Crippen LogP contribution in [0.25, 0.3) is 23.0 Å². The van der Waals surface area contributed by atoms with Crippen LogP contribution in [0.3, 0.4) is 0 Å². The van der Waals surface area contributed by atoms with E-state index in [4.69, 9.17) is 14.7 Å². The summed E-state index contributed by atoms with van der Waals surface area (Å²) in [6.07, 6.45) is 6.18. The minimum Gasteiger partial charge on any atom is -0.457 e. The number of aromatic nitrogens is 3. The molecule has 4 rings (SSSR count). The number of ether oxygens (including phenoxy) is 1. The zero-order chi connectivity index (χ0) is 25.9. The number of rotatable bonds is 7. The molecule has 3 aromatic heterocycles. The van der Waals surface area contributed by atoms with Gasteiger partial charge in [0, 0.05) is 29.6 Å². The Kier molecular flexibility index (Phi) is 7.50. The normalized spacial score (nSPS) is 12.1. The van der Waals surface area contributed by atoms with Crippen LogP contribution in [0.15, 0.2) is 64.9 Å².